The van der Waals surface area contributed by atoms with Gasteiger partial charge in [0.2, 0.25) is 15.9 Å². The molecule has 2 aromatic rings. The summed E-state index contributed by atoms with van der Waals surface area (Å²) in [5.74, 6) is -0.180. The number of rotatable bonds is 6. The lowest BCUT2D eigenvalue weighted by atomic mass is 10.3. The average molecular weight is 310 g/mol. The van der Waals surface area contributed by atoms with Crippen LogP contribution in [0.4, 0.5) is 0 Å². The SMILES string of the molecule is CC(NC(=O)CNS(=O)(=O)c1ccccc1)c1nn[nH]n1. The van der Waals surface area contributed by atoms with E-state index in [0.29, 0.717) is 5.82 Å². The van der Waals surface area contributed by atoms with E-state index in [-0.39, 0.29) is 11.4 Å². The van der Waals surface area contributed by atoms with Crippen LogP contribution in [-0.2, 0) is 14.8 Å². The molecule has 0 fully saturated rings. The highest BCUT2D eigenvalue weighted by atomic mass is 32.2. The van der Waals surface area contributed by atoms with Gasteiger partial charge in [-0.05, 0) is 19.1 Å². The van der Waals surface area contributed by atoms with Gasteiger partial charge in [-0.3, -0.25) is 4.79 Å². The van der Waals surface area contributed by atoms with Gasteiger partial charge in [0.1, 0.15) is 0 Å². The summed E-state index contributed by atoms with van der Waals surface area (Å²) >= 11 is 0. The Balaban J connectivity index is 1.89. The highest BCUT2D eigenvalue weighted by Crippen LogP contribution is 2.07. The molecule has 0 radical (unpaired) electrons. The standard InChI is InChI=1S/C11H14N6O3S/c1-8(11-14-16-17-15-11)13-10(18)7-12-21(19,20)9-5-3-2-4-6-9/h2-6,8,12H,7H2,1H3,(H,13,18)(H,14,15,16,17). The number of carbonyl (C=O) groups excluding carboxylic acids is 1. The molecular weight excluding hydrogens is 296 g/mol. The Bertz CT molecular complexity index is 686. The van der Waals surface area contributed by atoms with Gasteiger partial charge >= 0.3 is 0 Å². The van der Waals surface area contributed by atoms with Crippen LogP contribution in [0.3, 0.4) is 0 Å². The molecule has 0 aliphatic rings. The fourth-order valence-electron chi connectivity index (χ4n) is 1.55. The van der Waals surface area contributed by atoms with Gasteiger partial charge in [0.05, 0.1) is 17.5 Å². The van der Waals surface area contributed by atoms with E-state index >= 15 is 0 Å². The number of aromatic nitrogens is 4. The summed E-state index contributed by atoms with van der Waals surface area (Å²) in [4.78, 5) is 11.8. The normalized spacial score (nSPS) is 12.8. The molecule has 0 spiro atoms. The van der Waals surface area contributed by atoms with Crippen LogP contribution in [0.25, 0.3) is 0 Å². The molecule has 9 nitrogen and oxygen atoms in total. The van der Waals surface area contributed by atoms with Gasteiger partial charge in [-0.2, -0.15) is 5.21 Å². The van der Waals surface area contributed by atoms with Gasteiger partial charge in [-0.15, -0.1) is 10.2 Å². The Hall–Kier alpha value is -2.33. The summed E-state index contributed by atoms with van der Waals surface area (Å²) in [6, 6.07) is 7.33. The predicted octanol–water partition coefficient (Wildman–Crippen LogP) is -0.645. The van der Waals surface area contributed by atoms with Crippen LogP contribution >= 0.6 is 0 Å². The summed E-state index contributed by atoms with van der Waals surface area (Å²) in [7, 11) is -3.71. The third kappa shape index (κ3) is 4.07. The van der Waals surface area contributed by atoms with Crippen molar-refractivity contribution in [3.8, 4) is 0 Å². The summed E-state index contributed by atoms with van der Waals surface area (Å²) in [5.41, 5.74) is 0. The minimum absolute atomic E-state index is 0.101. The molecule has 0 saturated carbocycles. The summed E-state index contributed by atoms with van der Waals surface area (Å²) in [5, 5.41) is 15.7. The molecule has 0 aliphatic heterocycles. The van der Waals surface area contributed by atoms with Crippen molar-refractivity contribution in [3.63, 3.8) is 0 Å². The molecular formula is C11H14N6O3S. The molecule has 112 valence electrons. The number of nitrogens with one attached hydrogen (secondary N) is 3. The van der Waals surface area contributed by atoms with Crippen LogP contribution in [0.1, 0.15) is 18.8 Å². The van der Waals surface area contributed by atoms with Gasteiger partial charge in [0.25, 0.3) is 0 Å². The van der Waals surface area contributed by atoms with Crippen LogP contribution in [0.2, 0.25) is 0 Å². The first-order valence-electron chi connectivity index (χ1n) is 6.06. The second kappa shape index (κ2) is 6.41. The van der Waals surface area contributed by atoms with Gasteiger partial charge in [-0.25, -0.2) is 13.1 Å². The number of benzene rings is 1. The molecule has 1 heterocycles. The zero-order valence-electron chi connectivity index (χ0n) is 11.1. The molecule has 1 aromatic carbocycles. The van der Waals surface area contributed by atoms with Crippen molar-refractivity contribution < 1.29 is 13.2 Å². The average Bonchev–Trinajstić information content (AvgIpc) is 3.00. The Kier molecular flexibility index (Phi) is 4.60. The number of sulfonamides is 1. The van der Waals surface area contributed by atoms with Crippen molar-refractivity contribution in [2.24, 2.45) is 0 Å². The van der Waals surface area contributed by atoms with Crippen molar-refractivity contribution >= 4 is 15.9 Å². The minimum Gasteiger partial charge on any atom is -0.345 e. The third-order valence-electron chi connectivity index (χ3n) is 2.60. The van der Waals surface area contributed by atoms with Gasteiger partial charge in [0.15, 0.2) is 5.82 Å². The Morgan fingerprint density at radius 1 is 1.33 bits per heavy atom. The number of nitrogens with zero attached hydrogens (tertiary/aromatic N) is 3. The highest BCUT2D eigenvalue weighted by Gasteiger charge is 2.17. The van der Waals surface area contributed by atoms with E-state index in [1.54, 1.807) is 25.1 Å². The van der Waals surface area contributed by atoms with Crippen LogP contribution < -0.4 is 10.0 Å². The third-order valence-corrected chi connectivity index (χ3v) is 4.02. The molecule has 1 amide bonds. The molecule has 0 saturated heterocycles. The van der Waals surface area contributed by atoms with E-state index in [4.69, 9.17) is 0 Å². The lowest BCUT2D eigenvalue weighted by molar-refractivity contribution is -0.120. The number of aromatic amines is 1. The molecule has 2 rings (SSSR count). The van der Waals surface area contributed by atoms with Gasteiger partial charge in [0, 0.05) is 0 Å². The molecule has 1 atom stereocenters. The molecule has 1 aromatic heterocycles. The highest BCUT2D eigenvalue weighted by molar-refractivity contribution is 7.89. The maximum atomic E-state index is 11.9. The Morgan fingerprint density at radius 3 is 2.67 bits per heavy atom. The number of hydrogen-bond acceptors (Lipinski definition) is 6. The number of hydrogen-bond donors (Lipinski definition) is 3. The number of tetrazole rings is 1. The number of amides is 1. The molecule has 0 aliphatic carbocycles. The van der Waals surface area contributed by atoms with E-state index in [1.165, 1.54) is 12.1 Å². The summed E-state index contributed by atoms with van der Waals surface area (Å²) in [6.45, 7) is 1.29. The van der Waals surface area contributed by atoms with E-state index in [0.717, 1.165) is 0 Å². The van der Waals surface area contributed by atoms with Crippen LogP contribution in [0.5, 0.6) is 0 Å². The van der Waals surface area contributed by atoms with Gasteiger partial charge < -0.3 is 5.32 Å². The largest absolute Gasteiger partial charge is 0.345 e. The summed E-state index contributed by atoms with van der Waals surface area (Å²) < 4.78 is 26.1. The lowest BCUT2D eigenvalue weighted by Crippen LogP contribution is -2.38. The first kappa shape index (κ1) is 15.1. The quantitative estimate of drug-likeness (QED) is 0.650. The first-order valence-corrected chi connectivity index (χ1v) is 7.55. The molecule has 0 bridgehead atoms. The molecule has 1 unspecified atom stereocenters. The predicted molar refractivity (Wildman–Crippen MR) is 72.4 cm³/mol. The van der Waals surface area contributed by atoms with Crippen molar-refractivity contribution in [2.75, 3.05) is 6.54 Å². The smallest absolute Gasteiger partial charge is 0.241 e. The summed E-state index contributed by atoms with van der Waals surface area (Å²) in [6.07, 6.45) is 0. The van der Waals surface area contributed by atoms with Crippen molar-refractivity contribution in [3.05, 3.63) is 36.2 Å². The zero-order chi connectivity index (χ0) is 15.3. The first-order chi connectivity index (χ1) is 9.99. The van der Waals surface area contributed by atoms with E-state index in [2.05, 4.69) is 30.7 Å². The fraction of sp³-hybridized carbons (Fsp3) is 0.273. The monoisotopic (exact) mass is 310 g/mol. The van der Waals surface area contributed by atoms with Gasteiger partial charge in [-0.1, -0.05) is 23.4 Å². The maximum absolute atomic E-state index is 11.9. The van der Waals surface area contributed by atoms with Crippen LogP contribution in [0.15, 0.2) is 35.2 Å². The molecule has 21 heavy (non-hydrogen) atoms. The minimum atomic E-state index is -3.71. The second-order valence-corrected chi connectivity index (χ2v) is 5.96. The number of H-pyrrole nitrogens is 1. The number of carbonyl (C=O) groups is 1. The second-order valence-electron chi connectivity index (χ2n) is 4.20. The van der Waals surface area contributed by atoms with E-state index in [1.807, 2.05) is 0 Å². The fourth-order valence-corrected chi connectivity index (χ4v) is 2.56. The van der Waals surface area contributed by atoms with Crippen molar-refractivity contribution in [2.45, 2.75) is 17.9 Å². The lowest BCUT2D eigenvalue weighted by Gasteiger charge is -2.11. The van der Waals surface area contributed by atoms with Crippen molar-refractivity contribution in [1.29, 1.82) is 0 Å². The maximum Gasteiger partial charge on any atom is 0.241 e. The van der Waals surface area contributed by atoms with E-state index < -0.39 is 22.0 Å². The van der Waals surface area contributed by atoms with Crippen LogP contribution in [-0.4, -0.2) is 41.5 Å². The van der Waals surface area contributed by atoms with Crippen molar-refractivity contribution in [1.82, 2.24) is 30.7 Å². The zero-order valence-corrected chi connectivity index (χ0v) is 12.0. The topological polar surface area (TPSA) is 130 Å². The molecule has 3 N–H and O–H groups in total. The Morgan fingerprint density at radius 2 is 2.05 bits per heavy atom. The Labute approximate surface area is 121 Å². The molecule has 10 heteroatoms. The van der Waals surface area contributed by atoms with E-state index in [9.17, 15) is 13.2 Å². The van der Waals surface area contributed by atoms with Crippen LogP contribution in [0, 0.1) is 0 Å².